The van der Waals surface area contributed by atoms with E-state index in [9.17, 15) is 13.2 Å². The Labute approximate surface area is 112 Å². The van der Waals surface area contributed by atoms with Crippen molar-refractivity contribution in [2.75, 3.05) is 12.0 Å². The Morgan fingerprint density at radius 2 is 1.89 bits per heavy atom. The molecule has 1 aliphatic rings. The van der Waals surface area contributed by atoms with Gasteiger partial charge in [-0.1, -0.05) is 12.2 Å². The lowest BCUT2D eigenvalue weighted by atomic mass is 10.1. The quantitative estimate of drug-likeness (QED) is 0.641. The molecule has 0 aromatic heterocycles. The molecule has 1 amide bonds. The zero-order valence-electron chi connectivity index (χ0n) is 10.6. The van der Waals surface area contributed by atoms with Crippen LogP contribution >= 0.6 is 0 Å². The summed E-state index contributed by atoms with van der Waals surface area (Å²) in [7, 11) is -3.38. The van der Waals surface area contributed by atoms with E-state index in [2.05, 4.69) is 5.32 Å². The smallest absolute Gasteiger partial charge is 0.251 e. The second-order valence-corrected chi connectivity index (χ2v) is 6.69. The molecule has 0 saturated carbocycles. The monoisotopic (exact) mass is 280 g/mol. The summed E-state index contributed by atoms with van der Waals surface area (Å²) in [6.07, 6.45) is 6.70. The van der Waals surface area contributed by atoms with E-state index in [1.165, 1.54) is 18.2 Å². The highest BCUT2D eigenvalue weighted by atomic mass is 32.2. The van der Waals surface area contributed by atoms with Gasteiger partial charge in [0.15, 0.2) is 9.84 Å². The summed E-state index contributed by atoms with van der Waals surface area (Å²) in [5.41, 5.74) is 6.18. The molecule has 0 unspecified atom stereocenters. The Morgan fingerprint density at radius 1 is 1.26 bits per heavy atom. The van der Waals surface area contributed by atoms with Crippen molar-refractivity contribution in [2.45, 2.75) is 23.8 Å². The first kappa shape index (κ1) is 13.6. The number of nitrogens with one attached hydrogen (secondary N) is 1. The van der Waals surface area contributed by atoms with Gasteiger partial charge in [-0.2, -0.15) is 0 Å². The Morgan fingerprint density at radius 3 is 2.47 bits per heavy atom. The molecule has 0 aliphatic heterocycles. The van der Waals surface area contributed by atoms with Gasteiger partial charge >= 0.3 is 0 Å². The minimum atomic E-state index is -3.38. The van der Waals surface area contributed by atoms with Crippen LogP contribution in [0.5, 0.6) is 0 Å². The number of hydrogen-bond donors (Lipinski definition) is 2. The van der Waals surface area contributed by atoms with Crippen LogP contribution in [0.4, 0.5) is 5.69 Å². The number of amides is 1. The van der Waals surface area contributed by atoms with Gasteiger partial charge < -0.3 is 11.1 Å². The molecule has 1 aromatic carbocycles. The van der Waals surface area contributed by atoms with Crippen LogP contribution in [-0.4, -0.2) is 26.6 Å². The fourth-order valence-corrected chi connectivity index (χ4v) is 2.66. The van der Waals surface area contributed by atoms with Crippen LogP contribution in [-0.2, 0) is 9.84 Å². The normalized spacial score (nSPS) is 15.6. The lowest BCUT2D eigenvalue weighted by Crippen LogP contribution is -2.32. The molecule has 2 rings (SSSR count). The molecule has 102 valence electrons. The number of nitrogen functional groups attached to an aromatic ring is 1. The van der Waals surface area contributed by atoms with Gasteiger partial charge in [0.25, 0.3) is 5.91 Å². The van der Waals surface area contributed by atoms with E-state index in [1.807, 2.05) is 12.2 Å². The molecule has 0 atom stereocenters. The van der Waals surface area contributed by atoms with Gasteiger partial charge in [0.2, 0.25) is 0 Å². The van der Waals surface area contributed by atoms with Crippen molar-refractivity contribution < 1.29 is 13.2 Å². The fraction of sp³-hybridized carbons (Fsp3) is 0.308. The van der Waals surface area contributed by atoms with Crippen molar-refractivity contribution in [3.05, 3.63) is 35.9 Å². The second-order valence-electron chi connectivity index (χ2n) is 4.68. The predicted molar refractivity (Wildman–Crippen MR) is 73.6 cm³/mol. The van der Waals surface area contributed by atoms with Crippen LogP contribution in [0.2, 0.25) is 0 Å². The van der Waals surface area contributed by atoms with E-state index in [-0.39, 0.29) is 28.1 Å². The van der Waals surface area contributed by atoms with Crippen LogP contribution in [0.15, 0.2) is 35.2 Å². The standard InChI is InChI=1S/C13H16N2O3S/c1-19(17,18)12-7-9(6-10(14)8-12)13(16)15-11-4-2-3-5-11/h2-3,6-8,11H,4-5,14H2,1H3,(H,15,16). The highest BCUT2D eigenvalue weighted by Crippen LogP contribution is 2.18. The van der Waals surface area contributed by atoms with Crippen molar-refractivity contribution >= 4 is 21.4 Å². The minimum Gasteiger partial charge on any atom is -0.399 e. The highest BCUT2D eigenvalue weighted by molar-refractivity contribution is 7.90. The Balaban J connectivity index is 2.24. The molecule has 0 radical (unpaired) electrons. The summed E-state index contributed by atoms with van der Waals surface area (Å²) in [5, 5.41) is 2.85. The van der Waals surface area contributed by atoms with Crippen LogP contribution in [0, 0.1) is 0 Å². The first-order valence-corrected chi connectivity index (χ1v) is 7.82. The number of carbonyl (C=O) groups is 1. The van der Waals surface area contributed by atoms with Gasteiger partial charge in [0.05, 0.1) is 4.90 Å². The van der Waals surface area contributed by atoms with Crippen molar-refractivity contribution in [3.63, 3.8) is 0 Å². The van der Waals surface area contributed by atoms with Gasteiger partial charge in [0, 0.05) is 23.5 Å². The number of sulfone groups is 1. The second kappa shape index (κ2) is 5.05. The van der Waals surface area contributed by atoms with Crippen molar-refractivity contribution in [2.24, 2.45) is 0 Å². The van der Waals surface area contributed by atoms with Crippen LogP contribution in [0.25, 0.3) is 0 Å². The number of benzene rings is 1. The van der Waals surface area contributed by atoms with Crippen LogP contribution in [0.1, 0.15) is 23.2 Å². The van der Waals surface area contributed by atoms with E-state index >= 15 is 0 Å². The molecule has 1 aliphatic carbocycles. The zero-order chi connectivity index (χ0) is 14.0. The molecular weight excluding hydrogens is 264 g/mol. The molecular formula is C13H16N2O3S. The molecule has 0 heterocycles. The van der Waals surface area contributed by atoms with Gasteiger partial charge in [0.1, 0.15) is 0 Å². The van der Waals surface area contributed by atoms with Crippen molar-refractivity contribution in [1.29, 1.82) is 0 Å². The summed E-state index contributed by atoms with van der Waals surface area (Å²) in [6.45, 7) is 0. The highest BCUT2D eigenvalue weighted by Gasteiger charge is 2.17. The largest absolute Gasteiger partial charge is 0.399 e. The number of carbonyl (C=O) groups excluding carboxylic acids is 1. The number of hydrogen-bond acceptors (Lipinski definition) is 4. The minimum absolute atomic E-state index is 0.0576. The maximum absolute atomic E-state index is 12.0. The Kier molecular flexibility index (Phi) is 3.61. The third kappa shape index (κ3) is 3.35. The van der Waals surface area contributed by atoms with E-state index in [0.29, 0.717) is 0 Å². The first-order chi connectivity index (χ1) is 8.86. The number of nitrogens with two attached hydrogens (primary N) is 1. The SMILES string of the molecule is CS(=O)(=O)c1cc(N)cc(C(=O)NC2CC=CC2)c1. The molecule has 19 heavy (non-hydrogen) atoms. The van der Waals surface area contributed by atoms with E-state index < -0.39 is 9.84 Å². The molecule has 0 saturated heterocycles. The maximum Gasteiger partial charge on any atom is 0.251 e. The Hall–Kier alpha value is -1.82. The van der Waals surface area contributed by atoms with Crippen LogP contribution in [0.3, 0.4) is 0 Å². The average molecular weight is 280 g/mol. The molecule has 5 nitrogen and oxygen atoms in total. The summed E-state index contributed by atoms with van der Waals surface area (Å²) in [5.74, 6) is -0.300. The summed E-state index contributed by atoms with van der Waals surface area (Å²) < 4.78 is 23.0. The Bertz CT molecular complexity index is 627. The molecule has 0 bridgehead atoms. The summed E-state index contributed by atoms with van der Waals surface area (Å²) >= 11 is 0. The number of anilines is 1. The van der Waals surface area contributed by atoms with E-state index in [1.54, 1.807) is 0 Å². The summed E-state index contributed by atoms with van der Waals surface area (Å²) in [4.78, 5) is 12.1. The van der Waals surface area contributed by atoms with Crippen molar-refractivity contribution in [3.8, 4) is 0 Å². The molecule has 6 heteroatoms. The van der Waals surface area contributed by atoms with Crippen LogP contribution < -0.4 is 11.1 Å². The van der Waals surface area contributed by atoms with E-state index in [4.69, 9.17) is 5.73 Å². The lowest BCUT2D eigenvalue weighted by Gasteiger charge is -2.13. The third-order valence-electron chi connectivity index (χ3n) is 2.96. The fourth-order valence-electron chi connectivity index (χ4n) is 1.97. The predicted octanol–water partition coefficient (Wildman–Crippen LogP) is 1.12. The maximum atomic E-state index is 12.0. The molecule has 0 spiro atoms. The molecule has 1 aromatic rings. The van der Waals surface area contributed by atoms with Crippen molar-refractivity contribution in [1.82, 2.24) is 5.32 Å². The van der Waals surface area contributed by atoms with Gasteiger partial charge in [-0.25, -0.2) is 8.42 Å². The van der Waals surface area contributed by atoms with Gasteiger partial charge in [-0.05, 0) is 31.0 Å². The third-order valence-corrected chi connectivity index (χ3v) is 4.05. The molecule has 0 fully saturated rings. The lowest BCUT2D eigenvalue weighted by molar-refractivity contribution is 0.0939. The summed E-state index contributed by atoms with van der Waals surface area (Å²) in [6, 6.07) is 4.26. The topological polar surface area (TPSA) is 89.3 Å². The average Bonchev–Trinajstić information content (AvgIpc) is 2.79. The van der Waals surface area contributed by atoms with Gasteiger partial charge in [-0.15, -0.1) is 0 Å². The number of rotatable bonds is 3. The first-order valence-electron chi connectivity index (χ1n) is 5.93. The molecule has 3 N–H and O–H groups in total. The van der Waals surface area contributed by atoms with Gasteiger partial charge in [-0.3, -0.25) is 4.79 Å². The zero-order valence-corrected chi connectivity index (χ0v) is 11.4. The van der Waals surface area contributed by atoms with E-state index in [0.717, 1.165) is 19.1 Å².